The zero-order valence-electron chi connectivity index (χ0n) is 16.1. The van der Waals surface area contributed by atoms with Gasteiger partial charge < -0.3 is 14.7 Å². The summed E-state index contributed by atoms with van der Waals surface area (Å²) in [5, 5.41) is 12.4. The van der Waals surface area contributed by atoms with E-state index in [2.05, 4.69) is 30.0 Å². The molecule has 0 saturated carbocycles. The van der Waals surface area contributed by atoms with Crippen molar-refractivity contribution in [3.63, 3.8) is 0 Å². The molecule has 1 aliphatic heterocycles. The number of hydrogen-bond acceptors (Lipinski definition) is 5. The van der Waals surface area contributed by atoms with Crippen LogP contribution in [0.1, 0.15) is 18.1 Å². The minimum absolute atomic E-state index is 0.0816. The first-order valence-corrected chi connectivity index (χ1v) is 10.2. The van der Waals surface area contributed by atoms with E-state index in [0.29, 0.717) is 19.7 Å². The van der Waals surface area contributed by atoms with E-state index in [1.54, 1.807) is 11.8 Å². The molecule has 0 radical (unpaired) electrons. The first-order valence-electron chi connectivity index (χ1n) is 9.42. The number of thioether (sulfide) groups is 1. The summed E-state index contributed by atoms with van der Waals surface area (Å²) in [6, 6.07) is 16.3. The van der Waals surface area contributed by atoms with Gasteiger partial charge in [0.1, 0.15) is 10.8 Å². The van der Waals surface area contributed by atoms with E-state index in [9.17, 15) is 5.11 Å². The van der Waals surface area contributed by atoms with Crippen LogP contribution in [0.5, 0.6) is 5.75 Å². The minimum atomic E-state index is 0.0816. The zero-order valence-corrected chi connectivity index (χ0v) is 16.9. The number of hydrogen-bond donors (Lipinski definition) is 1. The summed E-state index contributed by atoms with van der Waals surface area (Å²) >= 11 is 1.56. The molecule has 1 N–H and O–H groups in total. The molecule has 0 saturated heterocycles. The van der Waals surface area contributed by atoms with E-state index in [1.165, 1.54) is 5.56 Å². The van der Waals surface area contributed by atoms with Crippen LogP contribution in [-0.4, -0.2) is 39.9 Å². The number of rotatable bonds is 5. The fourth-order valence-electron chi connectivity index (χ4n) is 3.26. The number of aryl methyl sites for hydroxylation is 1. The molecule has 0 amide bonds. The molecule has 3 aromatic rings. The van der Waals surface area contributed by atoms with Crippen molar-refractivity contribution in [3.8, 4) is 5.75 Å². The van der Waals surface area contributed by atoms with Crippen LogP contribution < -0.4 is 4.74 Å². The number of fused-ring (bicyclic) bond motifs is 2. The van der Waals surface area contributed by atoms with Crippen LogP contribution in [0.3, 0.4) is 0 Å². The molecule has 6 heteroatoms. The highest BCUT2D eigenvalue weighted by molar-refractivity contribution is 8.13. The lowest BCUT2D eigenvalue weighted by Crippen LogP contribution is -2.34. The maximum absolute atomic E-state index is 9.52. The number of β-amino-alcohol motifs (C(OH)–C–C–N with tert-alkyl or cyclic N) is 1. The molecule has 1 aromatic heterocycles. The summed E-state index contributed by atoms with van der Waals surface area (Å²) in [6.45, 7) is 5.97. The lowest BCUT2D eigenvalue weighted by molar-refractivity contribution is 0.247. The molecule has 0 bridgehead atoms. The largest absolute Gasteiger partial charge is 0.494 e. The van der Waals surface area contributed by atoms with Gasteiger partial charge in [-0.15, -0.1) is 0 Å². The average Bonchev–Trinajstić information content (AvgIpc) is 2.67. The Hall–Kier alpha value is -2.57. The van der Waals surface area contributed by atoms with Crippen molar-refractivity contribution in [2.75, 3.05) is 19.8 Å². The maximum atomic E-state index is 9.52. The van der Waals surface area contributed by atoms with E-state index >= 15 is 0 Å². The molecule has 0 spiro atoms. The second-order valence-corrected chi connectivity index (χ2v) is 7.68. The molecule has 0 atom stereocenters. The topological polar surface area (TPSA) is 58.0 Å². The number of benzene rings is 2. The SMILES string of the molecule is CCOc1ccc2nc3c(cc2c1)CN(CCO)C(=Nc1cccc(C)c1)S3. The number of ether oxygens (including phenoxy) is 1. The molecule has 0 unspecified atom stereocenters. The Morgan fingerprint density at radius 1 is 1.21 bits per heavy atom. The monoisotopic (exact) mass is 393 g/mol. The van der Waals surface area contributed by atoms with Crippen LogP contribution in [0.2, 0.25) is 0 Å². The van der Waals surface area contributed by atoms with Crippen molar-refractivity contribution in [2.24, 2.45) is 4.99 Å². The van der Waals surface area contributed by atoms with Crippen LogP contribution in [0.25, 0.3) is 10.9 Å². The molecule has 5 nitrogen and oxygen atoms in total. The molecular formula is C22H23N3O2S. The van der Waals surface area contributed by atoms with E-state index in [0.717, 1.165) is 38.1 Å². The molecule has 0 aliphatic carbocycles. The van der Waals surface area contributed by atoms with E-state index in [-0.39, 0.29) is 6.61 Å². The highest BCUT2D eigenvalue weighted by Gasteiger charge is 2.24. The number of aliphatic imine (C=N–C) groups is 1. The third-order valence-corrected chi connectivity index (χ3v) is 5.63. The van der Waals surface area contributed by atoms with Gasteiger partial charge in [0.05, 0.1) is 24.4 Å². The van der Waals surface area contributed by atoms with Gasteiger partial charge in [-0.05, 0) is 67.6 Å². The van der Waals surface area contributed by atoms with Crippen molar-refractivity contribution < 1.29 is 9.84 Å². The Morgan fingerprint density at radius 3 is 2.89 bits per heavy atom. The van der Waals surface area contributed by atoms with Crippen LogP contribution in [0.15, 0.2) is 58.5 Å². The predicted octanol–water partition coefficient (Wildman–Crippen LogP) is 4.53. The first-order chi connectivity index (χ1) is 13.7. The lowest BCUT2D eigenvalue weighted by Gasteiger charge is -2.30. The fraction of sp³-hybridized carbons (Fsp3) is 0.273. The summed E-state index contributed by atoms with van der Waals surface area (Å²) in [6.07, 6.45) is 0. The maximum Gasteiger partial charge on any atom is 0.171 e. The smallest absolute Gasteiger partial charge is 0.171 e. The molecular weight excluding hydrogens is 370 g/mol. The van der Waals surface area contributed by atoms with E-state index < -0.39 is 0 Å². The van der Waals surface area contributed by atoms with Gasteiger partial charge in [-0.3, -0.25) is 0 Å². The Balaban J connectivity index is 1.72. The summed E-state index contributed by atoms with van der Waals surface area (Å²) in [5.74, 6) is 0.856. The number of aliphatic hydroxyl groups excluding tert-OH is 1. The predicted molar refractivity (Wildman–Crippen MR) is 115 cm³/mol. The third-order valence-electron chi connectivity index (χ3n) is 4.55. The van der Waals surface area contributed by atoms with Gasteiger partial charge in [0, 0.05) is 24.0 Å². The van der Waals surface area contributed by atoms with Gasteiger partial charge in [-0.2, -0.15) is 0 Å². The molecule has 144 valence electrons. The molecule has 0 fully saturated rings. The standard InChI is InChI=1S/C22H23N3O2S/c1-3-27-19-7-8-20-16(13-19)12-17-14-25(9-10-26)22(28-21(17)24-20)23-18-6-4-5-15(2)11-18/h4-8,11-13,26H,3,9-10,14H2,1-2H3. The summed E-state index contributed by atoms with van der Waals surface area (Å²) in [5.41, 5.74) is 4.17. The Labute approximate surface area is 169 Å². The van der Waals surface area contributed by atoms with E-state index in [1.807, 2.05) is 37.3 Å². The summed E-state index contributed by atoms with van der Waals surface area (Å²) in [7, 11) is 0. The Morgan fingerprint density at radius 2 is 2.11 bits per heavy atom. The van der Waals surface area contributed by atoms with Gasteiger partial charge in [0.15, 0.2) is 5.17 Å². The molecule has 2 heterocycles. The van der Waals surface area contributed by atoms with Crippen molar-refractivity contribution >= 4 is 33.5 Å². The van der Waals surface area contributed by atoms with Gasteiger partial charge in [-0.25, -0.2) is 9.98 Å². The average molecular weight is 394 g/mol. The van der Waals surface area contributed by atoms with Gasteiger partial charge in [0.25, 0.3) is 0 Å². The summed E-state index contributed by atoms with van der Waals surface area (Å²) in [4.78, 5) is 11.8. The molecule has 28 heavy (non-hydrogen) atoms. The summed E-state index contributed by atoms with van der Waals surface area (Å²) < 4.78 is 5.62. The fourth-order valence-corrected chi connectivity index (χ4v) is 4.27. The van der Waals surface area contributed by atoms with Gasteiger partial charge in [0.2, 0.25) is 0 Å². The number of nitrogens with zero attached hydrogens (tertiary/aromatic N) is 3. The Kier molecular flexibility index (Phi) is 5.50. The van der Waals surface area contributed by atoms with Crippen LogP contribution >= 0.6 is 11.8 Å². The van der Waals surface area contributed by atoms with Crippen LogP contribution in [0, 0.1) is 6.92 Å². The van der Waals surface area contributed by atoms with Crippen molar-refractivity contribution in [3.05, 3.63) is 59.7 Å². The van der Waals surface area contributed by atoms with Crippen molar-refractivity contribution in [1.29, 1.82) is 0 Å². The second-order valence-electron chi connectivity index (χ2n) is 6.72. The lowest BCUT2D eigenvalue weighted by atomic mass is 10.1. The third kappa shape index (κ3) is 3.98. The molecule has 4 rings (SSSR count). The first kappa shape index (κ1) is 18.8. The number of aliphatic hydroxyl groups is 1. The van der Waals surface area contributed by atoms with Gasteiger partial charge in [-0.1, -0.05) is 12.1 Å². The Bertz CT molecular complexity index is 1040. The minimum Gasteiger partial charge on any atom is -0.494 e. The number of aromatic nitrogens is 1. The van der Waals surface area contributed by atoms with Crippen LogP contribution in [0.4, 0.5) is 5.69 Å². The van der Waals surface area contributed by atoms with Crippen molar-refractivity contribution in [1.82, 2.24) is 9.88 Å². The normalized spacial score (nSPS) is 15.1. The second kappa shape index (κ2) is 8.20. The highest BCUT2D eigenvalue weighted by atomic mass is 32.2. The highest BCUT2D eigenvalue weighted by Crippen LogP contribution is 2.35. The van der Waals surface area contributed by atoms with Crippen molar-refractivity contribution in [2.45, 2.75) is 25.4 Å². The zero-order chi connectivity index (χ0) is 19.5. The number of amidine groups is 1. The molecule has 1 aliphatic rings. The van der Waals surface area contributed by atoms with Crippen LogP contribution in [-0.2, 0) is 6.54 Å². The van der Waals surface area contributed by atoms with Gasteiger partial charge >= 0.3 is 0 Å². The quantitative estimate of drug-likeness (QED) is 0.690. The van der Waals surface area contributed by atoms with E-state index in [4.69, 9.17) is 14.7 Å². The molecule has 2 aromatic carbocycles. The number of pyridine rings is 1.